The molecule has 4 heteroatoms. The van der Waals surface area contributed by atoms with Crippen molar-refractivity contribution in [1.82, 2.24) is 14.9 Å². The minimum absolute atomic E-state index is 0.213. The molecule has 1 N–H and O–H groups in total. The SMILES string of the molecule is Fc1cccc(-c2nc3c([nH]2)CN(C2CCCC2)CC3)c1. The molecule has 0 radical (unpaired) electrons. The fraction of sp³-hybridized carbons (Fsp3) is 0.471. The minimum Gasteiger partial charge on any atom is -0.341 e. The molecule has 2 aromatic rings. The molecular weight excluding hydrogens is 265 g/mol. The topological polar surface area (TPSA) is 31.9 Å². The van der Waals surface area contributed by atoms with Crippen molar-refractivity contribution < 1.29 is 4.39 Å². The Balaban J connectivity index is 1.59. The zero-order chi connectivity index (χ0) is 14.2. The van der Waals surface area contributed by atoms with E-state index in [2.05, 4.69) is 14.9 Å². The van der Waals surface area contributed by atoms with E-state index in [0.29, 0.717) is 0 Å². The standard InChI is InChI=1S/C17H20FN3/c18-13-5-3-4-12(10-13)17-19-15-8-9-21(11-16(15)20-17)14-6-1-2-7-14/h3-5,10,14H,1-2,6-9,11H2,(H,19,20). The number of aromatic amines is 1. The Morgan fingerprint density at radius 3 is 2.90 bits per heavy atom. The van der Waals surface area contributed by atoms with Crippen LogP contribution in [0.25, 0.3) is 11.4 Å². The van der Waals surface area contributed by atoms with Gasteiger partial charge in [0.1, 0.15) is 11.6 Å². The molecular formula is C17H20FN3. The first-order valence-corrected chi connectivity index (χ1v) is 7.87. The van der Waals surface area contributed by atoms with Crippen molar-refractivity contribution in [2.45, 2.75) is 44.7 Å². The van der Waals surface area contributed by atoms with Gasteiger partial charge in [-0.2, -0.15) is 0 Å². The molecule has 1 aromatic heterocycles. The number of fused-ring (bicyclic) bond motifs is 1. The van der Waals surface area contributed by atoms with Gasteiger partial charge in [0.25, 0.3) is 0 Å². The average molecular weight is 285 g/mol. The summed E-state index contributed by atoms with van der Waals surface area (Å²) in [5.74, 6) is 0.585. The molecule has 4 rings (SSSR count). The van der Waals surface area contributed by atoms with E-state index in [1.54, 1.807) is 12.1 Å². The normalized spacial score (nSPS) is 19.9. The number of nitrogens with one attached hydrogen (secondary N) is 1. The fourth-order valence-electron chi connectivity index (χ4n) is 3.67. The van der Waals surface area contributed by atoms with Gasteiger partial charge in [-0.1, -0.05) is 25.0 Å². The predicted molar refractivity (Wildman–Crippen MR) is 80.4 cm³/mol. The van der Waals surface area contributed by atoms with Crippen LogP contribution in [0.2, 0.25) is 0 Å². The largest absolute Gasteiger partial charge is 0.341 e. The van der Waals surface area contributed by atoms with Crippen molar-refractivity contribution in [2.24, 2.45) is 0 Å². The molecule has 3 nitrogen and oxygen atoms in total. The van der Waals surface area contributed by atoms with Crippen molar-refractivity contribution in [1.29, 1.82) is 0 Å². The fourth-order valence-corrected chi connectivity index (χ4v) is 3.67. The lowest BCUT2D eigenvalue weighted by molar-refractivity contribution is 0.178. The zero-order valence-corrected chi connectivity index (χ0v) is 12.1. The van der Waals surface area contributed by atoms with Crippen molar-refractivity contribution in [2.75, 3.05) is 6.54 Å². The maximum Gasteiger partial charge on any atom is 0.137 e. The summed E-state index contributed by atoms with van der Waals surface area (Å²) in [7, 11) is 0. The summed E-state index contributed by atoms with van der Waals surface area (Å²) in [6, 6.07) is 7.39. The van der Waals surface area contributed by atoms with Gasteiger partial charge >= 0.3 is 0 Å². The molecule has 1 aliphatic heterocycles. The molecule has 0 unspecified atom stereocenters. The van der Waals surface area contributed by atoms with Gasteiger partial charge in [-0.25, -0.2) is 9.37 Å². The van der Waals surface area contributed by atoms with Crippen molar-refractivity contribution in [3.05, 3.63) is 41.5 Å². The van der Waals surface area contributed by atoms with Crippen LogP contribution in [0.1, 0.15) is 37.1 Å². The Kier molecular flexibility index (Phi) is 3.26. The summed E-state index contributed by atoms with van der Waals surface area (Å²) >= 11 is 0. The number of rotatable bonds is 2. The average Bonchev–Trinajstić information content (AvgIpc) is 3.16. The Morgan fingerprint density at radius 1 is 1.24 bits per heavy atom. The molecule has 110 valence electrons. The zero-order valence-electron chi connectivity index (χ0n) is 12.1. The quantitative estimate of drug-likeness (QED) is 0.915. The lowest BCUT2D eigenvalue weighted by Gasteiger charge is -2.31. The van der Waals surface area contributed by atoms with Crippen LogP contribution in [0.3, 0.4) is 0 Å². The van der Waals surface area contributed by atoms with Crippen molar-refractivity contribution in [3.63, 3.8) is 0 Å². The molecule has 21 heavy (non-hydrogen) atoms. The van der Waals surface area contributed by atoms with Gasteiger partial charge in [-0.3, -0.25) is 4.90 Å². The van der Waals surface area contributed by atoms with Gasteiger partial charge in [-0.05, 0) is 25.0 Å². The molecule has 0 saturated heterocycles. The number of halogens is 1. The van der Waals surface area contributed by atoms with E-state index in [9.17, 15) is 4.39 Å². The minimum atomic E-state index is -0.213. The second-order valence-electron chi connectivity index (χ2n) is 6.18. The molecule has 2 aliphatic rings. The number of hydrogen-bond donors (Lipinski definition) is 1. The second-order valence-corrected chi connectivity index (χ2v) is 6.18. The first-order valence-electron chi connectivity index (χ1n) is 7.87. The number of imidazole rings is 1. The predicted octanol–water partition coefficient (Wildman–Crippen LogP) is 3.52. The third kappa shape index (κ3) is 2.48. The van der Waals surface area contributed by atoms with Crippen molar-refractivity contribution in [3.8, 4) is 11.4 Å². The van der Waals surface area contributed by atoms with E-state index < -0.39 is 0 Å². The second kappa shape index (κ2) is 5.26. The van der Waals surface area contributed by atoms with Crippen LogP contribution in [0.5, 0.6) is 0 Å². The van der Waals surface area contributed by atoms with Crippen LogP contribution in [-0.2, 0) is 13.0 Å². The van der Waals surface area contributed by atoms with E-state index >= 15 is 0 Å². The molecule has 1 saturated carbocycles. The van der Waals surface area contributed by atoms with Crippen molar-refractivity contribution >= 4 is 0 Å². The van der Waals surface area contributed by atoms with Crippen LogP contribution in [-0.4, -0.2) is 27.5 Å². The Bertz CT molecular complexity index is 643. The summed E-state index contributed by atoms with van der Waals surface area (Å²) in [5, 5.41) is 0. The summed E-state index contributed by atoms with van der Waals surface area (Å²) < 4.78 is 13.4. The summed E-state index contributed by atoms with van der Waals surface area (Å²) in [6.45, 7) is 2.06. The monoisotopic (exact) mass is 285 g/mol. The highest BCUT2D eigenvalue weighted by Gasteiger charge is 2.27. The number of nitrogens with zero attached hydrogens (tertiary/aromatic N) is 2. The summed E-state index contributed by atoms with van der Waals surface area (Å²) in [6.07, 6.45) is 6.40. The highest BCUT2D eigenvalue weighted by molar-refractivity contribution is 5.56. The number of aromatic nitrogens is 2. The highest BCUT2D eigenvalue weighted by atomic mass is 19.1. The van der Waals surface area contributed by atoms with Gasteiger partial charge in [-0.15, -0.1) is 0 Å². The third-order valence-corrected chi connectivity index (χ3v) is 4.80. The van der Waals surface area contributed by atoms with Crippen LogP contribution in [0, 0.1) is 5.82 Å². The van der Waals surface area contributed by atoms with E-state index in [1.807, 2.05) is 6.07 Å². The van der Waals surface area contributed by atoms with Gasteiger partial charge < -0.3 is 4.98 Å². The van der Waals surface area contributed by atoms with E-state index in [4.69, 9.17) is 0 Å². The van der Waals surface area contributed by atoms with Gasteiger partial charge in [0.15, 0.2) is 0 Å². The van der Waals surface area contributed by atoms with E-state index in [1.165, 1.54) is 37.4 Å². The summed E-state index contributed by atoms with van der Waals surface area (Å²) in [4.78, 5) is 10.7. The highest BCUT2D eigenvalue weighted by Crippen LogP contribution is 2.29. The molecule has 0 bridgehead atoms. The van der Waals surface area contributed by atoms with Gasteiger partial charge in [0, 0.05) is 31.1 Å². The van der Waals surface area contributed by atoms with Crippen LogP contribution in [0.4, 0.5) is 4.39 Å². The molecule has 0 amide bonds. The Hall–Kier alpha value is -1.68. The molecule has 1 fully saturated rings. The lowest BCUT2D eigenvalue weighted by Crippen LogP contribution is -2.37. The first-order chi connectivity index (χ1) is 10.3. The third-order valence-electron chi connectivity index (χ3n) is 4.80. The smallest absolute Gasteiger partial charge is 0.137 e. The van der Waals surface area contributed by atoms with E-state index in [-0.39, 0.29) is 5.82 Å². The molecule has 1 aliphatic carbocycles. The van der Waals surface area contributed by atoms with Gasteiger partial charge in [0.05, 0.1) is 11.4 Å². The van der Waals surface area contributed by atoms with E-state index in [0.717, 1.165) is 42.6 Å². The molecule has 0 spiro atoms. The number of H-pyrrole nitrogens is 1. The van der Waals surface area contributed by atoms with Crippen LogP contribution in [0.15, 0.2) is 24.3 Å². The summed E-state index contributed by atoms with van der Waals surface area (Å²) in [5.41, 5.74) is 3.20. The first kappa shape index (κ1) is 13.0. The maximum atomic E-state index is 13.4. The number of hydrogen-bond acceptors (Lipinski definition) is 2. The number of benzene rings is 1. The molecule has 0 atom stereocenters. The van der Waals surface area contributed by atoms with Crippen LogP contribution >= 0.6 is 0 Å². The lowest BCUT2D eigenvalue weighted by atomic mass is 10.1. The maximum absolute atomic E-state index is 13.4. The Morgan fingerprint density at radius 2 is 2.10 bits per heavy atom. The molecule has 1 aromatic carbocycles. The van der Waals surface area contributed by atoms with Gasteiger partial charge in [0.2, 0.25) is 0 Å². The molecule has 2 heterocycles. The Labute approximate surface area is 124 Å². The van der Waals surface area contributed by atoms with Crippen LogP contribution < -0.4 is 0 Å².